The largest absolute Gasteiger partial charge is 0.493 e. The molecule has 146 valence electrons. The van der Waals surface area contributed by atoms with Gasteiger partial charge in [0.05, 0.1) is 18.6 Å². The van der Waals surface area contributed by atoms with Gasteiger partial charge in [0, 0.05) is 37.4 Å². The normalized spacial score (nSPS) is 31.2. The third kappa shape index (κ3) is 2.78. The fraction of sp³-hybridized carbons (Fsp3) is 0.429. The third-order valence-corrected chi connectivity index (χ3v) is 6.39. The van der Waals surface area contributed by atoms with E-state index in [-0.39, 0.29) is 30.5 Å². The SMILES string of the molecule is O=C(C1CC(c2ccncc2)NN1)N1C[C@@H]2c3ccccc3OC[C@]2(CO)C1. The van der Waals surface area contributed by atoms with Crippen LogP contribution in [0.5, 0.6) is 5.75 Å². The molecule has 0 saturated carbocycles. The zero-order chi connectivity index (χ0) is 19.1. The summed E-state index contributed by atoms with van der Waals surface area (Å²) in [5.74, 6) is 1.03. The summed E-state index contributed by atoms with van der Waals surface area (Å²) >= 11 is 0. The molecule has 1 aromatic carbocycles. The molecular formula is C21H24N4O3. The van der Waals surface area contributed by atoms with Crippen LogP contribution < -0.4 is 15.6 Å². The van der Waals surface area contributed by atoms with E-state index in [0.29, 0.717) is 26.1 Å². The number of para-hydroxylation sites is 1. The van der Waals surface area contributed by atoms with E-state index in [4.69, 9.17) is 4.74 Å². The van der Waals surface area contributed by atoms with Crippen molar-refractivity contribution in [1.82, 2.24) is 20.7 Å². The molecule has 4 heterocycles. The minimum absolute atomic E-state index is 0.00572. The molecule has 1 aromatic heterocycles. The van der Waals surface area contributed by atoms with Crippen LogP contribution in [-0.4, -0.2) is 53.2 Å². The first-order valence-electron chi connectivity index (χ1n) is 9.72. The topological polar surface area (TPSA) is 86.7 Å². The Balaban J connectivity index is 1.33. The van der Waals surface area contributed by atoms with Gasteiger partial charge in [-0.3, -0.25) is 9.78 Å². The van der Waals surface area contributed by atoms with Crippen LogP contribution in [0, 0.1) is 5.41 Å². The fourth-order valence-electron chi connectivity index (χ4n) is 4.79. The van der Waals surface area contributed by atoms with E-state index < -0.39 is 5.41 Å². The van der Waals surface area contributed by atoms with Crippen LogP contribution in [0.25, 0.3) is 0 Å². The second-order valence-corrected chi connectivity index (χ2v) is 8.03. The summed E-state index contributed by atoms with van der Waals surface area (Å²) in [6.45, 7) is 1.56. The highest BCUT2D eigenvalue weighted by molar-refractivity contribution is 5.83. The lowest BCUT2D eigenvalue weighted by Crippen LogP contribution is -2.46. The van der Waals surface area contributed by atoms with E-state index in [2.05, 4.69) is 15.8 Å². The van der Waals surface area contributed by atoms with Gasteiger partial charge in [-0.2, -0.15) is 0 Å². The fourth-order valence-corrected chi connectivity index (χ4v) is 4.79. The number of aliphatic hydroxyl groups is 1. The maximum Gasteiger partial charge on any atom is 0.241 e. The number of carbonyl (C=O) groups is 1. The Morgan fingerprint density at radius 2 is 2.07 bits per heavy atom. The number of nitrogens with zero attached hydrogens (tertiary/aromatic N) is 2. The smallest absolute Gasteiger partial charge is 0.241 e. The summed E-state index contributed by atoms with van der Waals surface area (Å²) in [6, 6.07) is 11.7. The van der Waals surface area contributed by atoms with Gasteiger partial charge in [0.25, 0.3) is 0 Å². The van der Waals surface area contributed by atoms with Crippen LogP contribution in [0.1, 0.15) is 29.5 Å². The van der Waals surface area contributed by atoms with E-state index >= 15 is 0 Å². The Bertz CT molecular complexity index is 877. The number of amides is 1. The van der Waals surface area contributed by atoms with Crippen molar-refractivity contribution in [3.8, 4) is 5.75 Å². The maximum atomic E-state index is 13.2. The second kappa shape index (κ2) is 6.84. The predicted octanol–water partition coefficient (Wildman–Crippen LogP) is 0.986. The van der Waals surface area contributed by atoms with Gasteiger partial charge in [0.1, 0.15) is 11.8 Å². The van der Waals surface area contributed by atoms with Gasteiger partial charge in [0.2, 0.25) is 5.91 Å². The molecule has 2 fully saturated rings. The highest BCUT2D eigenvalue weighted by Crippen LogP contribution is 2.49. The van der Waals surface area contributed by atoms with Crippen LogP contribution in [0.4, 0.5) is 0 Å². The van der Waals surface area contributed by atoms with Crippen molar-refractivity contribution in [2.45, 2.75) is 24.4 Å². The van der Waals surface area contributed by atoms with Gasteiger partial charge < -0.3 is 14.7 Å². The Morgan fingerprint density at radius 1 is 1.25 bits per heavy atom. The molecule has 3 aliphatic rings. The lowest BCUT2D eigenvalue weighted by molar-refractivity contribution is -0.132. The predicted molar refractivity (Wildman–Crippen MR) is 102 cm³/mol. The molecule has 4 atom stereocenters. The summed E-state index contributed by atoms with van der Waals surface area (Å²) < 4.78 is 5.93. The number of nitrogens with one attached hydrogen (secondary N) is 2. The number of rotatable bonds is 3. The van der Waals surface area contributed by atoms with Crippen LogP contribution in [0.2, 0.25) is 0 Å². The summed E-state index contributed by atoms with van der Waals surface area (Å²) in [7, 11) is 0. The Labute approximate surface area is 163 Å². The van der Waals surface area contributed by atoms with Crippen molar-refractivity contribution >= 4 is 5.91 Å². The van der Waals surface area contributed by atoms with Crippen LogP contribution in [-0.2, 0) is 4.79 Å². The standard InChI is InChI=1S/C21H24N4O3/c26-12-21-11-25(10-16(21)15-3-1-2-4-19(15)28-13-21)20(27)18-9-17(23-24-18)14-5-7-22-8-6-14/h1-8,16-18,23-24,26H,9-13H2/t16-,17?,18?,21-/m1/s1. The number of aliphatic hydroxyl groups excluding tert-OH is 1. The summed E-state index contributed by atoms with van der Waals surface area (Å²) in [4.78, 5) is 19.2. The van der Waals surface area contributed by atoms with Crippen LogP contribution in [0.15, 0.2) is 48.8 Å². The molecule has 2 aromatic rings. The average Bonchev–Trinajstić information content (AvgIpc) is 3.40. The number of hydrogen-bond acceptors (Lipinski definition) is 6. The van der Waals surface area contributed by atoms with E-state index in [1.165, 1.54) is 0 Å². The Hall–Kier alpha value is -2.48. The quantitative estimate of drug-likeness (QED) is 0.736. The van der Waals surface area contributed by atoms with Gasteiger partial charge in [0.15, 0.2) is 0 Å². The van der Waals surface area contributed by atoms with Crippen molar-refractivity contribution in [2.75, 3.05) is 26.3 Å². The number of pyridine rings is 1. The summed E-state index contributed by atoms with van der Waals surface area (Å²) in [5.41, 5.74) is 8.16. The van der Waals surface area contributed by atoms with Crippen molar-refractivity contribution in [1.29, 1.82) is 0 Å². The molecule has 0 aliphatic carbocycles. The van der Waals surface area contributed by atoms with Crippen molar-refractivity contribution in [3.05, 3.63) is 59.9 Å². The minimum Gasteiger partial charge on any atom is -0.493 e. The second-order valence-electron chi connectivity index (χ2n) is 8.03. The number of likely N-dealkylation sites (tertiary alicyclic amines) is 1. The number of hydrogen-bond donors (Lipinski definition) is 3. The molecule has 28 heavy (non-hydrogen) atoms. The molecule has 0 bridgehead atoms. The molecule has 2 saturated heterocycles. The zero-order valence-corrected chi connectivity index (χ0v) is 15.5. The first-order valence-corrected chi connectivity index (χ1v) is 9.72. The molecule has 0 spiro atoms. The molecule has 7 heteroatoms. The van der Waals surface area contributed by atoms with Gasteiger partial charge in [-0.05, 0) is 35.7 Å². The summed E-state index contributed by atoms with van der Waals surface area (Å²) in [6.07, 6.45) is 4.21. The van der Waals surface area contributed by atoms with Crippen LogP contribution in [0.3, 0.4) is 0 Å². The van der Waals surface area contributed by atoms with Gasteiger partial charge >= 0.3 is 0 Å². The molecule has 7 nitrogen and oxygen atoms in total. The molecule has 0 radical (unpaired) electrons. The number of carbonyl (C=O) groups excluding carboxylic acids is 1. The Morgan fingerprint density at radius 3 is 2.89 bits per heavy atom. The highest BCUT2D eigenvalue weighted by atomic mass is 16.5. The molecule has 5 rings (SSSR count). The monoisotopic (exact) mass is 380 g/mol. The summed E-state index contributed by atoms with van der Waals surface area (Å²) in [5, 5.41) is 10.2. The van der Waals surface area contributed by atoms with Gasteiger partial charge in [-0.25, -0.2) is 10.9 Å². The van der Waals surface area contributed by atoms with E-state index in [9.17, 15) is 9.90 Å². The van der Waals surface area contributed by atoms with Gasteiger partial charge in [-0.15, -0.1) is 0 Å². The van der Waals surface area contributed by atoms with Crippen LogP contribution >= 0.6 is 0 Å². The number of fused-ring (bicyclic) bond motifs is 3. The lowest BCUT2D eigenvalue weighted by Gasteiger charge is -2.37. The van der Waals surface area contributed by atoms with Gasteiger partial charge in [-0.1, -0.05) is 18.2 Å². The first kappa shape index (κ1) is 17.6. The maximum absolute atomic E-state index is 13.2. The molecule has 1 amide bonds. The molecular weight excluding hydrogens is 356 g/mol. The zero-order valence-electron chi connectivity index (χ0n) is 15.5. The van der Waals surface area contributed by atoms with Crippen molar-refractivity contribution in [2.24, 2.45) is 5.41 Å². The number of aromatic nitrogens is 1. The molecule has 3 N–H and O–H groups in total. The minimum atomic E-state index is -0.430. The van der Waals surface area contributed by atoms with E-state index in [1.54, 1.807) is 12.4 Å². The number of hydrazine groups is 1. The van der Waals surface area contributed by atoms with Crippen molar-refractivity contribution < 1.29 is 14.6 Å². The average molecular weight is 380 g/mol. The highest BCUT2D eigenvalue weighted by Gasteiger charge is 2.53. The third-order valence-electron chi connectivity index (χ3n) is 6.39. The van der Waals surface area contributed by atoms with E-state index in [0.717, 1.165) is 16.9 Å². The van der Waals surface area contributed by atoms with E-state index in [1.807, 2.05) is 41.3 Å². The Kier molecular flexibility index (Phi) is 4.30. The first-order chi connectivity index (χ1) is 13.7. The number of benzene rings is 1. The molecule has 3 aliphatic heterocycles. The molecule has 2 unspecified atom stereocenters. The van der Waals surface area contributed by atoms with Crippen molar-refractivity contribution in [3.63, 3.8) is 0 Å². The number of ether oxygens (including phenoxy) is 1. The lowest BCUT2D eigenvalue weighted by atomic mass is 9.74.